The number of hydrogen-bond acceptors (Lipinski definition) is 15. The molecule has 0 bridgehead atoms. The molecule has 0 spiro atoms. The highest BCUT2D eigenvalue weighted by Crippen LogP contribution is 2.26. The second-order valence-electron chi connectivity index (χ2n) is 18.4. The highest BCUT2D eigenvalue weighted by atomic mass is 16.7. The molecule has 378 valence electrons. The highest BCUT2D eigenvalue weighted by Gasteiger charge is 2.47. The first-order chi connectivity index (χ1) is 31.0. The molecule has 4 unspecified atom stereocenters. The molecule has 15 heteroatoms. The average Bonchev–Trinajstić information content (AvgIpc) is 3.29. The molecule has 2 rings (SSSR count). The molecule has 11 atom stereocenters. The van der Waals surface area contributed by atoms with Gasteiger partial charge in [-0.25, -0.2) is 0 Å². The maximum atomic E-state index is 13.0. The van der Waals surface area contributed by atoms with Crippen molar-refractivity contribution in [2.75, 3.05) is 26.4 Å². The number of carbonyl (C=O) groups excluding carboxylic acids is 2. The van der Waals surface area contributed by atoms with Gasteiger partial charge in [-0.15, -0.1) is 0 Å². The van der Waals surface area contributed by atoms with Gasteiger partial charge in [-0.05, 0) is 12.8 Å². The molecule has 0 radical (unpaired) electrons. The van der Waals surface area contributed by atoms with Crippen molar-refractivity contribution in [3.63, 3.8) is 0 Å². The van der Waals surface area contributed by atoms with Gasteiger partial charge < -0.3 is 64.2 Å². The number of hydrogen-bond donors (Lipinski definition) is 7. The molecule has 0 amide bonds. The van der Waals surface area contributed by atoms with Gasteiger partial charge in [0, 0.05) is 12.8 Å². The number of carbonyl (C=O) groups is 2. The summed E-state index contributed by atoms with van der Waals surface area (Å²) in [5.74, 6) is -0.911. The van der Waals surface area contributed by atoms with Crippen LogP contribution in [0.4, 0.5) is 0 Å². The van der Waals surface area contributed by atoms with Crippen LogP contribution in [0.2, 0.25) is 0 Å². The van der Waals surface area contributed by atoms with Gasteiger partial charge in [0.15, 0.2) is 18.7 Å². The molecule has 2 heterocycles. The van der Waals surface area contributed by atoms with E-state index in [9.17, 15) is 45.3 Å². The molecule has 15 nitrogen and oxygen atoms in total. The molecule has 64 heavy (non-hydrogen) atoms. The predicted octanol–water partition coefficient (Wildman–Crippen LogP) is 6.82. The molecule has 0 aliphatic carbocycles. The van der Waals surface area contributed by atoms with E-state index in [1.165, 1.54) is 128 Å². The van der Waals surface area contributed by atoms with Crippen LogP contribution in [-0.2, 0) is 38.0 Å². The summed E-state index contributed by atoms with van der Waals surface area (Å²) < 4.78 is 33.6. The topological polar surface area (TPSA) is 231 Å². The molecule has 0 aromatic carbocycles. The Bertz CT molecular complexity index is 1130. The Morgan fingerprint density at radius 2 is 0.797 bits per heavy atom. The van der Waals surface area contributed by atoms with Gasteiger partial charge in [-0.1, -0.05) is 181 Å². The summed E-state index contributed by atoms with van der Waals surface area (Å²) in [5.41, 5.74) is 0. The van der Waals surface area contributed by atoms with Crippen LogP contribution in [0.15, 0.2) is 0 Å². The third-order valence-electron chi connectivity index (χ3n) is 12.6. The van der Waals surface area contributed by atoms with Gasteiger partial charge in [0.05, 0.1) is 19.8 Å². The Morgan fingerprint density at radius 3 is 1.22 bits per heavy atom. The first-order valence-corrected chi connectivity index (χ1v) is 25.6. The molecule has 7 N–H and O–H groups in total. The Labute approximate surface area is 385 Å². The first kappa shape index (κ1) is 58.6. The summed E-state index contributed by atoms with van der Waals surface area (Å²) in [5, 5.41) is 72.0. The lowest BCUT2D eigenvalue weighted by molar-refractivity contribution is -0.332. The van der Waals surface area contributed by atoms with Crippen molar-refractivity contribution in [3.8, 4) is 0 Å². The van der Waals surface area contributed by atoms with Crippen molar-refractivity contribution in [2.45, 2.75) is 274 Å². The minimum absolute atomic E-state index is 0.173. The molecular weight excluding hydrogens is 829 g/mol. The maximum Gasteiger partial charge on any atom is 0.306 e. The number of aliphatic hydroxyl groups excluding tert-OH is 7. The van der Waals surface area contributed by atoms with Crippen molar-refractivity contribution in [3.05, 3.63) is 0 Å². The van der Waals surface area contributed by atoms with Crippen molar-refractivity contribution >= 4 is 11.9 Å². The monoisotopic (exact) mass is 921 g/mol. The molecule has 2 fully saturated rings. The number of aliphatic hydroxyl groups is 7. The number of ether oxygens (including phenoxy) is 6. The Balaban J connectivity index is 1.80. The molecule has 0 aromatic rings. The van der Waals surface area contributed by atoms with Crippen molar-refractivity contribution in [1.29, 1.82) is 0 Å². The molecular formula is C49H92O15. The smallest absolute Gasteiger partial charge is 0.306 e. The van der Waals surface area contributed by atoms with Crippen LogP contribution in [-0.4, -0.2) is 142 Å². The summed E-state index contributed by atoms with van der Waals surface area (Å²) in [6.45, 7) is 2.61. The molecule has 0 saturated carbocycles. The van der Waals surface area contributed by atoms with Crippen molar-refractivity contribution < 1.29 is 73.8 Å². The van der Waals surface area contributed by atoms with E-state index < -0.39 is 92.7 Å². The van der Waals surface area contributed by atoms with Gasteiger partial charge in [0.2, 0.25) is 0 Å². The summed E-state index contributed by atoms with van der Waals surface area (Å²) in [7, 11) is 0. The third-order valence-corrected chi connectivity index (χ3v) is 12.6. The van der Waals surface area contributed by atoms with Gasteiger partial charge >= 0.3 is 11.9 Å². The van der Waals surface area contributed by atoms with Crippen LogP contribution in [0.5, 0.6) is 0 Å². The summed E-state index contributed by atoms with van der Waals surface area (Å²) >= 11 is 0. The SMILES string of the molecule is CCCCCCCCCCCCCCCCCC(=O)OC[C@H](CO[C@@H]1O[C@H](CO[C@@H]2O[C@H](CO)[C@H](O)C(O)C2O)[C@H](O)C(O)C1O)OC(=O)CCCCCCCCCCCCCCC. The van der Waals surface area contributed by atoms with Gasteiger partial charge in [-0.3, -0.25) is 9.59 Å². The summed E-state index contributed by atoms with van der Waals surface area (Å²) in [4.78, 5) is 25.7. The van der Waals surface area contributed by atoms with Crippen molar-refractivity contribution in [2.24, 2.45) is 0 Å². The number of rotatable bonds is 40. The zero-order valence-corrected chi connectivity index (χ0v) is 39.8. The van der Waals surface area contributed by atoms with Crippen LogP contribution < -0.4 is 0 Å². The molecule has 2 aliphatic rings. The van der Waals surface area contributed by atoms with Gasteiger partial charge in [0.25, 0.3) is 0 Å². The second-order valence-corrected chi connectivity index (χ2v) is 18.4. The fraction of sp³-hybridized carbons (Fsp3) is 0.959. The largest absolute Gasteiger partial charge is 0.462 e. The molecule has 0 aromatic heterocycles. The number of unbranched alkanes of at least 4 members (excludes halogenated alkanes) is 26. The van der Waals surface area contributed by atoms with E-state index in [0.29, 0.717) is 12.8 Å². The van der Waals surface area contributed by atoms with E-state index in [2.05, 4.69) is 13.8 Å². The van der Waals surface area contributed by atoms with Gasteiger partial charge in [-0.2, -0.15) is 0 Å². The van der Waals surface area contributed by atoms with Crippen LogP contribution in [0.25, 0.3) is 0 Å². The Kier molecular flexibility index (Phi) is 34.3. The van der Waals surface area contributed by atoms with E-state index in [1.54, 1.807) is 0 Å². The Morgan fingerprint density at radius 1 is 0.438 bits per heavy atom. The minimum atomic E-state index is -1.76. The first-order valence-electron chi connectivity index (χ1n) is 25.6. The standard InChI is InChI=1S/C49H92O15/c1-3-5-7-9-11-13-15-17-18-20-21-23-25-27-29-31-40(51)59-34-37(62-41(52)32-30-28-26-24-22-19-16-14-12-10-8-6-4-2)35-60-48-47(58)45(56)43(54)39(64-48)36-61-49-46(57)44(55)42(53)38(33-50)63-49/h37-39,42-50,53-58H,3-36H2,1-2H3/t37-,38-,39-,42+,43+,44?,45?,46?,47?,48-,49-/m1/s1. The number of esters is 2. The fourth-order valence-corrected chi connectivity index (χ4v) is 8.34. The maximum absolute atomic E-state index is 13.0. The van der Waals surface area contributed by atoms with E-state index >= 15 is 0 Å². The summed E-state index contributed by atoms with van der Waals surface area (Å²) in [6, 6.07) is 0. The van der Waals surface area contributed by atoms with Crippen LogP contribution in [0, 0.1) is 0 Å². The van der Waals surface area contributed by atoms with Gasteiger partial charge in [0.1, 0.15) is 55.4 Å². The lowest BCUT2D eigenvalue weighted by Crippen LogP contribution is -2.61. The second kappa shape index (κ2) is 37.5. The van der Waals surface area contributed by atoms with Crippen LogP contribution in [0.3, 0.4) is 0 Å². The normalized spacial score (nSPS) is 26.5. The fourth-order valence-electron chi connectivity index (χ4n) is 8.34. The minimum Gasteiger partial charge on any atom is -0.462 e. The van der Waals surface area contributed by atoms with Crippen molar-refractivity contribution in [1.82, 2.24) is 0 Å². The quantitative estimate of drug-likeness (QED) is 0.0247. The molecule has 2 saturated heterocycles. The Hall–Kier alpha value is -1.50. The van der Waals surface area contributed by atoms with E-state index in [1.807, 2.05) is 0 Å². The zero-order chi connectivity index (χ0) is 46.8. The molecule has 2 aliphatic heterocycles. The lowest BCUT2D eigenvalue weighted by atomic mass is 9.98. The van der Waals surface area contributed by atoms with E-state index in [4.69, 9.17) is 28.4 Å². The van der Waals surface area contributed by atoms with E-state index in [-0.39, 0.29) is 26.1 Å². The third kappa shape index (κ3) is 25.6. The lowest BCUT2D eigenvalue weighted by Gasteiger charge is -2.42. The highest BCUT2D eigenvalue weighted by molar-refractivity contribution is 5.70. The zero-order valence-electron chi connectivity index (χ0n) is 39.8. The predicted molar refractivity (Wildman–Crippen MR) is 243 cm³/mol. The van der Waals surface area contributed by atoms with Crippen LogP contribution in [0.1, 0.15) is 206 Å². The van der Waals surface area contributed by atoms with E-state index in [0.717, 1.165) is 38.5 Å². The summed E-state index contributed by atoms with van der Waals surface area (Å²) in [6.07, 6.45) is 17.0. The average molecular weight is 921 g/mol. The van der Waals surface area contributed by atoms with Crippen LogP contribution >= 0.6 is 0 Å².